The topological polar surface area (TPSA) is 80.3 Å². The minimum atomic E-state index is -0.343. The lowest BCUT2D eigenvalue weighted by Crippen LogP contribution is -2.54. The minimum Gasteiger partial charge on any atom is -0.342 e. The lowest BCUT2D eigenvalue weighted by atomic mass is 9.93. The largest absolute Gasteiger partial charge is 0.342 e. The van der Waals surface area contributed by atoms with Crippen LogP contribution >= 0.6 is 12.4 Å². The van der Waals surface area contributed by atoms with E-state index in [4.69, 9.17) is 4.52 Å². The number of halogens is 2. The van der Waals surface area contributed by atoms with E-state index in [2.05, 4.69) is 20.1 Å². The van der Waals surface area contributed by atoms with Crippen molar-refractivity contribution < 1.29 is 13.7 Å². The molecule has 0 N–H and O–H groups in total. The summed E-state index contributed by atoms with van der Waals surface area (Å²) in [5.41, 5.74) is 1.21. The van der Waals surface area contributed by atoms with E-state index in [0.29, 0.717) is 29.2 Å². The number of fused-ring (bicyclic) bond motifs is 1. The Morgan fingerprint density at radius 1 is 1.17 bits per heavy atom. The first kappa shape index (κ1) is 24.2. The summed E-state index contributed by atoms with van der Waals surface area (Å²) in [5.74, 6) is 2.17. The molecule has 8 nitrogen and oxygen atoms in total. The highest BCUT2D eigenvalue weighted by molar-refractivity contribution is 5.85. The molecule has 35 heavy (non-hydrogen) atoms. The van der Waals surface area contributed by atoms with Gasteiger partial charge in [-0.05, 0) is 55.9 Å². The Hall–Kier alpha value is -2.52. The van der Waals surface area contributed by atoms with E-state index in [1.165, 1.54) is 10.7 Å². The van der Waals surface area contributed by atoms with Crippen LogP contribution in [0.2, 0.25) is 0 Å². The van der Waals surface area contributed by atoms with Crippen LogP contribution in [0.1, 0.15) is 63.0 Å². The van der Waals surface area contributed by atoms with Crippen molar-refractivity contribution in [1.29, 1.82) is 0 Å². The van der Waals surface area contributed by atoms with Crippen LogP contribution in [0.4, 0.5) is 4.39 Å². The summed E-state index contributed by atoms with van der Waals surface area (Å²) in [6.45, 7) is 8.91. The van der Waals surface area contributed by atoms with Gasteiger partial charge >= 0.3 is 0 Å². The molecule has 1 aliphatic carbocycles. The summed E-state index contributed by atoms with van der Waals surface area (Å²) >= 11 is 0. The van der Waals surface area contributed by atoms with Crippen molar-refractivity contribution in [3.63, 3.8) is 0 Å². The number of hydrogen-bond donors (Lipinski definition) is 0. The second-order valence-electron chi connectivity index (χ2n) is 10.5. The number of hydrogen-bond acceptors (Lipinski definition) is 6. The van der Waals surface area contributed by atoms with Crippen molar-refractivity contribution in [1.82, 2.24) is 29.7 Å². The van der Waals surface area contributed by atoms with E-state index in [-0.39, 0.29) is 36.0 Å². The fourth-order valence-electron chi connectivity index (χ4n) is 5.38. The number of benzene rings is 1. The minimum absolute atomic E-state index is 0. The van der Waals surface area contributed by atoms with Crippen LogP contribution in [-0.4, -0.2) is 68.4 Å². The summed E-state index contributed by atoms with van der Waals surface area (Å²) in [4.78, 5) is 21.3. The SMILES string of the molecule is CC(C)c1nn(-c2noc(C3CCN(CC4CN(C(=O)C5CC5)C4)CC3)n2)c2c(F)cccc12.Cl. The van der Waals surface area contributed by atoms with Gasteiger partial charge in [0.05, 0.1) is 5.69 Å². The zero-order chi connectivity index (χ0) is 23.4. The molecule has 0 unspecified atom stereocenters. The van der Waals surface area contributed by atoms with Crippen LogP contribution in [0.25, 0.3) is 16.9 Å². The van der Waals surface area contributed by atoms with E-state index in [0.717, 1.165) is 69.5 Å². The first-order valence-electron chi connectivity index (χ1n) is 12.5. The van der Waals surface area contributed by atoms with Crippen molar-refractivity contribution in [2.45, 2.75) is 51.4 Å². The molecule has 6 rings (SSSR count). The summed E-state index contributed by atoms with van der Waals surface area (Å²) in [5, 5.41) is 9.56. The Balaban J connectivity index is 0.00000253. The van der Waals surface area contributed by atoms with Crippen LogP contribution in [0.5, 0.6) is 0 Å². The van der Waals surface area contributed by atoms with Gasteiger partial charge in [-0.25, -0.2) is 4.39 Å². The Labute approximate surface area is 210 Å². The summed E-state index contributed by atoms with van der Waals surface area (Å²) in [6.07, 6.45) is 4.06. The number of carbonyl (C=O) groups excluding carboxylic acids is 1. The van der Waals surface area contributed by atoms with E-state index in [1.54, 1.807) is 6.07 Å². The van der Waals surface area contributed by atoms with Gasteiger partial charge < -0.3 is 14.3 Å². The molecule has 0 bridgehead atoms. The molecule has 2 aliphatic heterocycles. The highest BCUT2D eigenvalue weighted by Crippen LogP contribution is 2.34. The van der Waals surface area contributed by atoms with Gasteiger partial charge in [0.25, 0.3) is 5.95 Å². The maximum atomic E-state index is 14.7. The molecular weight excluding hydrogens is 471 g/mol. The average Bonchev–Trinajstić information content (AvgIpc) is 3.40. The standard InChI is InChI=1S/C25H31FN6O2.ClH/c1-15(2)21-19-4-3-5-20(26)22(19)32(28-21)25-27-23(34-29-25)17-8-10-30(11-9-17)12-16-13-31(14-16)24(33)18-6-7-18;/h3-5,15-18H,6-14H2,1-2H3;1H. The number of nitrogens with zero attached hydrogens (tertiary/aromatic N) is 6. The van der Waals surface area contributed by atoms with Crippen molar-refractivity contribution in [2.75, 3.05) is 32.7 Å². The molecule has 0 atom stereocenters. The molecule has 0 radical (unpaired) electrons. The summed E-state index contributed by atoms with van der Waals surface area (Å²) in [6, 6.07) is 5.03. The summed E-state index contributed by atoms with van der Waals surface area (Å²) in [7, 11) is 0. The molecule has 188 valence electrons. The maximum Gasteiger partial charge on any atom is 0.291 e. The third-order valence-corrected chi connectivity index (χ3v) is 7.50. The average molecular weight is 503 g/mol. The van der Waals surface area contributed by atoms with Crippen LogP contribution in [-0.2, 0) is 4.79 Å². The van der Waals surface area contributed by atoms with Crippen LogP contribution in [0, 0.1) is 17.7 Å². The molecule has 10 heteroatoms. The predicted octanol–water partition coefficient (Wildman–Crippen LogP) is 4.14. The van der Waals surface area contributed by atoms with Gasteiger partial charge in [0.15, 0.2) is 0 Å². The fraction of sp³-hybridized carbons (Fsp3) is 0.600. The summed E-state index contributed by atoms with van der Waals surface area (Å²) < 4.78 is 21.8. The van der Waals surface area contributed by atoms with Crippen molar-refractivity contribution in [3.8, 4) is 5.95 Å². The van der Waals surface area contributed by atoms with E-state index < -0.39 is 0 Å². The van der Waals surface area contributed by atoms with Gasteiger partial charge in [0.2, 0.25) is 11.8 Å². The number of amides is 1. The third kappa shape index (κ3) is 4.56. The van der Waals surface area contributed by atoms with Crippen LogP contribution in [0.15, 0.2) is 22.7 Å². The number of carbonyl (C=O) groups is 1. The predicted molar refractivity (Wildman–Crippen MR) is 131 cm³/mol. The Morgan fingerprint density at radius 2 is 1.91 bits per heavy atom. The highest BCUT2D eigenvalue weighted by Gasteiger charge is 2.40. The molecule has 3 aliphatic rings. The number of aromatic nitrogens is 4. The zero-order valence-corrected chi connectivity index (χ0v) is 21.0. The maximum absolute atomic E-state index is 14.7. The fourth-order valence-corrected chi connectivity index (χ4v) is 5.38. The molecule has 2 aromatic heterocycles. The zero-order valence-electron chi connectivity index (χ0n) is 20.2. The van der Waals surface area contributed by atoms with Gasteiger partial charge in [-0.1, -0.05) is 26.0 Å². The van der Waals surface area contributed by atoms with E-state index in [1.807, 2.05) is 24.8 Å². The number of likely N-dealkylation sites (tertiary alicyclic amines) is 2. The molecule has 3 fully saturated rings. The quantitative estimate of drug-likeness (QED) is 0.504. The van der Waals surface area contributed by atoms with Crippen molar-refractivity contribution in [2.24, 2.45) is 11.8 Å². The van der Waals surface area contributed by atoms with E-state index >= 15 is 0 Å². The molecular formula is C25H32ClFN6O2. The van der Waals surface area contributed by atoms with Gasteiger partial charge in [-0.2, -0.15) is 14.8 Å². The first-order chi connectivity index (χ1) is 16.5. The normalized spacial score (nSPS) is 19.8. The van der Waals surface area contributed by atoms with E-state index in [9.17, 15) is 9.18 Å². The highest BCUT2D eigenvalue weighted by atomic mass is 35.5. The first-order valence-corrected chi connectivity index (χ1v) is 12.5. The number of para-hydroxylation sites is 1. The smallest absolute Gasteiger partial charge is 0.291 e. The Bertz CT molecular complexity index is 1210. The molecule has 0 spiro atoms. The monoisotopic (exact) mass is 502 g/mol. The lowest BCUT2D eigenvalue weighted by molar-refractivity contribution is -0.139. The Morgan fingerprint density at radius 3 is 2.60 bits per heavy atom. The Kier molecular flexibility index (Phi) is 6.57. The van der Waals surface area contributed by atoms with Gasteiger partial charge in [-0.3, -0.25) is 4.79 Å². The lowest BCUT2D eigenvalue weighted by Gasteiger charge is -2.43. The molecule has 1 aromatic carbocycles. The molecule has 2 saturated heterocycles. The molecule has 1 saturated carbocycles. The van der Waals surface area contributed by atoms with Gasteiger partial charge in [0, 0.05) is 42.8 Å². The van der Waals surface area contributed by atoms with Gasteiger partial charge in [-0.15, -0.1) is 12.4 Å². The van der Waals surface area contributed by atoms with Crippen molar-refractivity contribution >= 4 is 29.2 Å². The molecule has 3 aromatic rings. The van der Waals surface area contributed by atoms with Crippen LogP contribution < -0.4 is 0 Å². The van der Waals surface area contributed by atoms with Gasteiger partial charge in [0.1, 0.15) is 11.3 Å². The number of piperidine rings is 1. The second-order valence-corrected chi connectivity index (χ2v) is 10.5. The molecule has 4 heterocycles. The molecule has 1 amide bonds. The second kappa shape index (κ2) is 9.50. The number of rotatable bonds is 6. The van der Waals surface area contributed by atoms with Crippen LogP contribution in [0.3, 0.4) is 0 Å². The van der Waals surface area contributed by atoms with Crippen molar-refractivity contribution in [3.05, 3.63) is 35.6 Å². The third-order valence-electron chi connectivity index (χ3n) is 7.50.